The molecule has 0 aliphatic heterocycles. The summed E-state index contributed by atoms with van der Waals surface area (Å²) in [6.07, 6.45) is 3.77. The van der Waals surface area contributed by atoms with Crippen molar-refractivity contribution in [1.82, 2.24) is 10.6 Å². The molecule has 1 saturated carbocycles. The quantitative estimate of drug-likeness (QED) is 0.721. The molecule has 1 aliphatic carbocycles. The number of carbonyl (C=O) groups is 2. The third kappa shape index (κ3) is 4.32. The first-order valence-electron chi connectivity index (χ1n) is 8.21. The van der Waals surface area contributed by atoms with Gasteiger partial charge in [-0.05, 0) is 45.7 Å². The van der Waals surface area contributed by atoms with E-state index in [0.29, 0.717) is 6.54 Å². The summed E-state index contributed by atoms with van der Waals surface area (Å²) in [6, 6.07) is 3.95. The fraction of sp³-hybridized carbons (Fsp3) is 0.647. The molecule has 5 nitrogen and oxygen atoms in total. The summed E-state index contributed by atoms with van der Waals surface area (Å²) >= 11 is 1.61. The van der Waals surface area contributed by atoms with Gasteiger partial charge in [0.1, 0.15) is 0 Å². The maximum atomic E-state index is 12.0. The highest BCUT2D eigenvalue weighted by Gasteiger charge is 2.37. The fourth-order valence-corrected chi connectivity index (χ4v) is 4.27. The first-order chi connectivity index (χ1) is 10.8. The highest BCUT2D eigenvalue weighted by Crippen LogP contribution is 2.44. The molecule has 23 heavy (non-hydrogen) atoms. The molecule has 0 aromatic carbocycles. The van der Waals surface area contributed by atoms with E-state index in [2.05, 4.69) is 16.7 Å². The van der Waals surface area contributed by atoms with Crippen molar-refractivity contribution in [1.29, 1.82) is 0 Å². The van der Waals surface area contributed by atoms with Crippen LogP contribution in [-0.2, 0) is 15.0 Å². The second kappa shape index (κ2) is 7.45. The lowest BCUT2D eigenvalue weighted by molar-refractivity contribution is -0.139. The van der Waals surface area contributed by atoms with Gasteiger partial charge in [0.25, 0.3) is 0 Å². The first-order valence-corrected chi connectivity index (χ1v) is 9.03. The second-order valence-corrected chi connectivity index (χ2v) is 7.79. The van der Waals surface area contributed by atoms with Crippen molar-refractivity contribution in [3.05, 3.63) is 21.9 Å². The molecular weight excluding hydrogens is 312 g/mol. The molecule has 0 spiro atoms. The van der Waals surface area contributed by atoms with Crippen molar-refractivity contribution < 1.29 is 14.7 Å². The predicted octanol–water partition coefficient (Wildman–Crippen LogP) is 2.25. The van der Waals surface area contributed by atoms with E-state index < -0.39 is 17.9 Å². The molecule has 0 radical (unpaired) electrons. The van der Waals surface area contributed by atoms with Gasteiger partial charge in [0.2, 0.25) is 0 Å². The number of carbonyl (C=O) groups excluding carboxylic acids is 2. The van der Waals surface area contributed by atoms with E-state index in [1.54, 1.807) is 18.3 Å². The van der Waals surface area contributed by atoms with Crippen LogP contribution >= 0.6 is 11.3 Å². The van der Waals surface area contributed by atoms with Gasteiger partial charge in [-0.25, -0.2) is 0 Å². The Morgan fingerprint density at radius 2 is 1.87 bits per heavy atom. The molecule has 1 aromatic rings. The zero-order chi connectivity index (χ0) is 17.0. The number of rotatable bonds is 5. The van der Waals surface area contributed by atoms with Crippen molar-refractivity contribution in [2.24, 2.45) is 0 Å². The molecule has 1 atom stereocenters. The lowest BCUT2D eigenvalue weighted by Gasteiger charge is -2.28. The molecule has 1 aliphatic rings. The largest absolute Gasteiger partial charge is 0.388 e. The molecule has 0 bridgehead atoms. The Bertz CT molecular complexity index is 560. The van der Waals surface area contributed by atoms with Crippen LogP contribution in [0.4, 0.5) is 0 Å². The van der Waals surface area contributed by atoms with Crippen LogP contribution in [0, 0.1) is 0 Å². The predicted molar refractivity (Wildman–Crippen MR) is 91.4 cm³/mol. The van der Waals surface area contributed by atoms with Gasteiger partial charge in [-0.1, -0.05) is 12.8 Å². The van der Waals surface area contributed by atoms with Gasteiger partial charge >= 0.3 is 11.8 Å². The van der Waals surface area contributed by atoms with E-state index in [1.165, 1.54) is 4.88 Å². The Morgan fingerprint density at radius 1 is 1.22 bits per heavy atom. The minimum absolute atomic E-state index is 0.0559. The summed E-state index contributed by atoms with van der Waals surface area (Å²) in [5.41, 5.74) is -0.106. The molecular formula is C17H26N2O3S. The molecule has 1 unspecified atom stereocenters. The van der Waals surface area contributed by atoms with E-state index in [4.69, 9.17) is 0 Å². The van der Waals surface area contributed by atoms with E-state index in [9.17, 15) is 14.7 Å². The van der Waals surface area contributed by atoms with Crippen LogP contribution in [-0.4, -0.2) is 29.5 Å². The maximum Gasteiger partial charge on any atom is 0.309 e. The van der Waals surface area contributed by atoms with Crippen molar-refractivity contribution in [3.8, 4) is 0 Å². The Morgan fingerprint density at radius 3 is 2.39 bits per heavy atom. The Balaban J connectivity index is 2.06. The van der Waals surface area contributed by atoms with Crippen LogP contribution in [0.3, 0.4) is 0 Å². The summed E-state index contributed by atoms with van der Waals surface area (Å²) in [5, 5.41) is 15.1. The Hall–Kier alpha value is -1.40. The molecule has 6 heteroatoms. The van der Waals surface area contributed by atoms with Gasteiger partial charge in [-0.2, -0.15) is 0 Å². The van der Waals surface area contributed by atoms with Crippen LogP contribution in [0.25, 0.3) is 0 Å². The first kappa shape index (κ1) is 17.9. The highest BCUT2D eigenvalue weighted by atomic mass is 32.1. The normalized spacial score (nSPS) is 18.0. The lowest BCUT2D eigenvalue weighted by atomic mass is 9.84. The van der Waals surface area contributed by atoms with Crippen LogP contribution in [0.1, 0.15) is 62.3 Å². The van der Waals surface area contributed by atoms with E-state index in [0.717, 1.165) is 30.6 Å². The molecule has 3 N–H and O–H groups in total. The van der Waals surface area contributed by atoms with Crippen LogP contribution in [0.2, 0.25) is 0 Å². The third-order valence-electron chi connectivity index (χ3n) is 4.34. The number of aliphatic hydroxyl groups is 1. The standard InChI is InChI=1S/C17H26N2O3S/c1-11(2)19-16(22)15(21)18-10-17(8-4-5-9-17)14-7-6-13(23-14)12(3)20/h6-7,11-12,20H,4-5,8-10H2,1-3H3,(H,18,21)(H,19,22). The van der Waals surface area contributed by atoms with Crippen molar-refractivity contribution in [3.63, 3.8) is 0 Å². The maximum absolute atomic E-state index is 12.0. The van der Waals surface area contributed by atoms with Crippen molar-refractivity contribution >= 4 is 23.2 Å². The molecule has 0 saturated heterocycles. The van der Waals surface area contributed by atoms with Gasteiger partial charge in [-0.3, -0.25) is 9.59 Å². The molecule has 1 heterocycles. The molecule has 1 aromatic heterocycles. The van der Waals surface area contributed by atoms with Crippen LogP contribution in [0.5, 0.6) is 0 Å². The minimum Gasteiger partial charge on any atom is -0.388 e. The summed E-state index contributed by atoms with van der Waals surface area (Å²) < 4.78 is 0. The minimum atomic E-state index is -0.580. The number of hydrogen-bond acceptors (Lipinski definition) is 4. The van der Waals surface area contributed by atoms with Gasteiger partial charge in [0.15, 0.2) is 0 Å². The number of aliphatic hydroxyl groups excluding tert-OH is 1. The Kier molecular flexibility index (Phi) is 5.81. The van der Waals surface area contributed by atoms with Gasteiger partial charge in [-0.15, -0.1) is 11.3 Å². The molecule has 2 rings (SSSR count). The zero-order valence-corrected chi connectivity index (χ0v) is 14.8. The van der Waals surface area contributed by atoms with E-state index in [1.807, 2.05) is 19.9 Å². The lowest BCUT2D eigenvalue weighted by Crippen LogP contribution is -2.46. The zero-order valence-electron chi connectivity index (χ0n) is 14.0. The number of amides is 2. The van der Waals surface area contributed by atoms with Crippen molar-refractivity contribution in [2.75, 3.05) is 6.54 Å². The SMILES string of the molecule is CC(C)NC(=O)C(=O)NCC1(c2ccc(C(C)O)s2)CCCC1. The summed E-state index contributed by atoms with van der Waals surface area (Å²) in [6.45, 7) is 5.88. The molecule has 1 fully saturated rings. The van der Waals surface area contributed by atoms with Gasteiger partial charge in [0, 0.05) is 27.8 Å². The molecule has 128 valence electrons. The van der Waals surface area contributed by atoms with E-state index >= 15 is 0 Å². The second-order valence-electron chi connectivity index (χ2n) is 6.68. The number of nitrogens with one attached hydrogen (secondary N) is 2. The summed E-state index contributed by atoms with van der Waals surface area (Å²) in [5.74, 6) is -1.15. The fourth-order valence-electron chi connectivity index (χ4n) is 3.08. The van der Waals surface area contributed by atoms with E-state index in [-0.39, 0.29) is 11.5 Å². The summed E-state index contributed by atoms with van der Waals surface area (Å²) in [4.78, 5) is 25.8. The smallest absolute Gasteiger partial charge is 0.309 e. The molecule has 2 amide bonds. The topological polar surface area (TPSA) is 78.4 Å². The van der Waals surface area contributed by atoms with Crippen LogP contribution < -0.4 is 10.6 Å². The Labute approximate surface area is 141 Å². The van der Waals surface area contributed by atoms with Crippen molar-refractivity contribution in [2.45, 2.75) is 64.0 Å². The number of hydrogen-bond donors (Lipinski definition) is 3. The highest BCUT2D eigenvalue weighted by molar-refractivity contribution is 7.12. The average molecular weight is 338 g/mol. The summed E-state index contributed by atoms with van der Waals surface area (Å²) in [7, 11) is 0. The monoisotopic (exact) mass is 338 g/mol. The third-order valence-corrected chi connectivity index (χ3v) is 5.84. The van der Waals surface area contributed by atoms with Crippen LogP contribution in [0.15, 0.2) is 12.1 Å². The van der Waals surface area contributed by atoms with Gasteiger partial charge < -0.3 is 15.7 Å². The average Bonchev–Trinajstić information content (AvgIpc) is 3.13. The number of thiophene rings is 1. The van der Waals surface area contributed by atoms with Gasteiger partial charge in [0.05, 0.1) is 6.10 Å².